The zero-order valence-corrected chi connectivity index (χ0v) is 12.7. The molecule has 1 atom stereocenters. The average molecular weight is 281 g/mol. The van der Waals surface area contributed by atoms with E-state index in [2.05, 4.69) is 5.32 Å². The summed E-state index contributed by atoms with van der Waals surface area (Å²) < 4.78 is 10.4. The summed E-state index contributed by atoms with van der Waals surface area (Å²) in [5.41, 5.74) is 0.854. The van der Waals surface area contributed by atoms with Gasteiger partial charge in [-0.15, -0.1) is 0 Å². The highest BCUT2D eigenvalue weighted by atomic mass is 16.6. The van der Waals surface area contributed by atoms with Crippen molar-refractivity contribution in [3.63, 3.8) is 0 Å². The van der Waals surface area contributed by atoms with Gasteiger partial charge in [0.05, 0.1) is 13.2 Å². The van der Waals surface area contributed by atoms with Gasteiger partial charge in [-0.2, -0.15) is 0 Å². The van der Waals surface area contributed by atoms with Gasteiger partial charge in [0, 0.05) is 12.1 Å². The number of carbonyl (C=O) groups excluding carboxylic acids is 1. The summed E-state index contributed by atoms with van der Waals surface area (Å²) in [6.07, 6.45) is -0.613. The number of anilines is 1. The number of benzene rings is 1. The zero-order chi connectivity index (χ0) is 15.3. The lowest BCUT2D eigenvalue weighted by molar-refractivity contribution is 0.0635. The van der Waals surface area contributed by atoms with Crippen LogP contribution < -0.4 is 10.1 Å². The lowest BCUT2D eigenvalue weighted by Gasteiger charge is -2.21. The van der Waals surface area contributed by atoms with E-state index >= 15 is 0 Å². The topological polar surface area (TPSA) is 67.8 Å². The van der Waals surface area contributed by atoms with Gasteiger partial charge in [0.25, 0.3) is 0 Å². The molecular weight excluding hydrogens is 258 g/mol. The van der Waals surface area contributed by atoms with Crippen molar-refractivity contribution in [3.05, 3.63) is 23.8 Å². The molecular formula is C15H23NO4. The molecule has 2 N–H and O–H groups in total. The van der Waals surface area contributed by atoms with Crippen LogP contribution in [0.5, 0.6) is 5.75 Å². The van der Waals surface area contributed by atoms with Crippen molar-refractivity contribution in [3.8, 4) is 5.75 Å². The molecule has 1 amide bonds. The second kappa shape index (κ2) is 6.61. The van der Waals surface area contributed by atoms with Gasteiger partial charge in [0.2, 0.25) is 0 Å². The number of carbonyl (C=O) groups is 1. The summed E-state index contributed by atoms with van der Waals surface area (Å²) in [4.78, 5) is 11.8. The van der Waals surface area contributed by atoms with Gasteiger partial charge in [-0.1, -0.05) is 0 Å². The predicted molar refractivity (Wildman–Crippen MR) is 78.2 cm³/mol. The molecule has 0 bridgehead atoms. The monoisotopic (exact) mass is 281 g/mol. The van der Waals surface area contributed by atoms with Crippen molar-refractivity contribution in [2.75, 3.05) is 12.4 Å². The second-order valence-corrected chi connectivity index (χ2v) is 5.70. The number of ether oxygens (including phenoxy) is 2. The molecule has 0 aromatic heterocycles. The second-order valence-electron chi connectivity index (χ2n) is 5.70. The number of nitrogens with one attached hydrogen (secondary N) is 1. The summed E-state index contributed by atoms with van der Waals surface area (Å²) in [5.74, 6) is 0.676. The number of hydrogen-bond donors (Lipinski definition) is 2. The Bertz CT molecular complexity index is 463. The fraction of sp³-hybridized carbons (Fsp3) is 0.533. The molecule has 0 aliphatic carbocycles. The largest absolute Gasteiger partial charge is 0.497 e. The van der Waals surface area contributed by atoms with Crippen molar-refractivity contribution in [1.29, 1.82) is 0 Å². The fourth-order valence-corrected chi connectivity index (χ4v) is 1.72. The number of aliphatic hydroxyl groups is 1. The SMILES string of the molecule is COc1ccc(NC(=O)OC(C)(C)C)c(C[C@H](C)O)c1. The van der Waals surface area contributed by atoms with Crippen LogP contribution in [0.4, 0.5) is 10.5 Å². The van der Waals surface area contributed by atoms with E-state index < -0.39 is 17.8 Å². The third kappa shape index (κ3) is 5.48. The van der Waals surface area contributed by atoms with Crippen LogP contribution in [-0.2, 0) is 11.2 Å². The van der Waals surface area contributed by atoms with Crippen LogP contribution in [0.3, 0.4) is 0 Å². The van der Waals surface area contributed by atoms with Crippen LogP contribution in [0, 0.1) is 0 Å². The van der Waals surface area contributed by atoms with Gasteiger partial charge in [0.15, 0.2) is 0 Å². The van der Waals surface area contributed by atoms with Crippen molar-refractivity contribution >= 4 is 11.8 Å². The number of rotatable bonds is 4. The van der Waals surface area contributed by atoms with E-state index in [1.807, 2.05) is 0 Å². The van der Waals surface area contributed by atoms with Crippen molar-refractivity contribution in [2.24, 2.45) is 0 Å². The van der Waals surface area contributed by atoms with E-state index in [-0.39, 0.29) is 0 Å². The highest BCUT2D eigenvalue weighted by molar-refractivity contribution is 5.86. The summed E-state index contributed by atoms with van der Waals surface area (Å²) in [7, 11) is 1.57. The molecule has 1 aromatic rings. The first-order valence-electron chi connectivity index (χ1n) is 6.56. The van der Waals surface area contributed by atoms with Crippen molar-refractivity contribution < 1.29 is 19.4 Å². The first-order valence-corrected chi connectivity index (χ1v) is 6.56. The molecule has 5 nitrogen and oxygen atoms in total. The molecule has 1 aromatic carbocycles. The molecule has 0 saturated heterocycles. The average Bonchev–Trinajstić information content (AvgIpc) is 2.28. The standard InChI is InChI=1S/C15H23NO4/c1-10(17)8-11-9-12(19-5)6-7-13(11)16-14(18)20-15(2,3)4/h6-7,9-10,17H,8H2,1-5H3,(H,16,18)/t10-/m0/s1. The molecule has 5 heteroatoms. The van der Waals surface area contributed by atoms with Crippen LogP contribution in [0.2, 0.25) is 0 Å². The maximum absolute atomic E-state index is 11.8. The Morgan fingerprint density at radius 1 is 1.40 bits per heavy atom. The maximum atomic E-state index is 11.8. The van der Waals surface area contributed by atoms with Gasteiger partial charge >= 0.3 is 6.09 Å². The summed E-state index contributed by atoms with van der Waals surface area (Å²) in [6.45, 7) is 7.10. The Morgan fingerprint density at radius 3 is 2.55 bits per heavy atom. The van der Waals surface area contributed by atoms with Crippen molar-refractivity contribution in [1.82, 2.24) is 0 Å². The van der Waals surface area contributed by atoms with Gasteiger partial charge in [-0.3, -0.25) is 5.32 Å². The lowest BCUT2D eigenvalue weighted by atomic mass is 10.1. The molecule has 20 heavy (non-hydrogen) atoms. The number of amides is 1. The van der Waals surface area contributed by atoms with Gasteiger partial charge in [-0.05, 0) is 51.5 Å². The maximum Gasteiger partial charge on any atom is 0.412 e. The molecule has 0 aliphatic rings. The van der Waals surface area contributed by atoms with Crippen LogP contribution in [-0.4, -0.2) is 30.0 Å². The quantitative estimate of drug-likeness (QED) is 0.890. The number of methoxy groups -OCH3 is 1. The Morgan fingerprint density at radius 2 is 2.05 bits per heavy atom. The van der Waals surface area contributed by atoms with Crippen molar-refractivity contribution in [2.45, 2.75) is 45.8 Å². The molecule has 0 radical (unpaired) electrons. The van der Waals surface area contributed by atoms with Crippen LogP contribution in [0.1, 0.15) is 33.3 Å². The minimum atomic E-state index is -0.555. The molecule has 0 saturated carbocycles. The molecule has 0 heterocycles. The minimum Gasteiger partial charge on any atom is -0.497 e. The van der Waals surface area contributed by atoms with E-state index in [0.717, 1.165) is 5.56 Å². The van der Waals surface area contributed by atoms with E-state index in [0.29, 0.717) is 17.9 Å². The first kappa shape index (κ1) is 16.3. The van der Waals surface area contributed by atoms with E-state index in [4.69, 9.17) is 9.47 Å². The van der Waals surface area contributed by atoms with Crippen LogP contribution in [0.15, 0.2) is 18.2 Å². The highest BCUT2D eigenvalue weighted by Gasteiger charge is 2.17. The lowest BCUT2D eigenvalue weighted by Crippen LogP contribution is -2.27. The molecule has 0 spiro atoms. The van der Waals surface area contributed by atoms with Crippen LogP contribution >= 0.6 is 0 Å². The van der Waals surface area contributed by atoms with E-state index in [1.165, 1.54) is 0 Å². The summed E-state index contributed by atoms with van der Waals surface area (Å²) in [5, 5.41) is 12.2. The third-order valence-electron chi connectivity index (χ3n) is 2.46. The van der Waals surface area contributed by atoms with Crippen LogP contribution in [0.25, 0.3) is 0 Å². The Kier molecular flexibility index (Phi) is 5.39. The smallest absolute Gasteiger partial charge is 0.412 e. The van der Waals surface area contributed by atoms with Gasteiger partial charge in [-0.25, -0.2) is 4.79 Å². The molecule has 0 aliphatic heterocycles. The Hall–Kier alpha value is -1.75. The fourth-order valence-electron chi connectivity index (χ4n) is 1.72. The first-order chi connectivity index (χ1) is 9.21. The number of aliphatic hydroxyl groups excluding tert-OH is 1. The normalized spacial score (nSPS) is 12.7. The van der Waals surface area contributed by atoms with E-state index in [1.54, 1.807) is 53.0 Å². The summed E-state index contributed by atoms with van der Waals surface area (Å²) >= 11 is 0. The summed E-state index contributed by atoms with van der Waals surface area (Å²) in [6, 6.07) is 5.28. The minimum absolute atomic E-state index is 0.419. The van der Waals surface area contributed by atoms with Gasteiger partial charge in [0.1, 0.15) is 11.4 Å². The molecule has 112 valence electrons. The predicted octanol–water partition coefficient (Wildman–Crippen LogP) is 2.97. The Balaban J connectivity index is 2.90. The molecule has 0 unspecified atom stereocenters. The third-order valence-corrected chi connectivity index (χ3v) is 2.46. The zero-order valence-electron chi connectivity index (χ0n) is 12.7. The number of hydrogen-bond acceptors (Lipinski definition) is 4. The molecule has 1 rings (SSSR count). The highest BCUT2D eigenvalue weighted by Crippen LogP contribution is 2.24. The van der Waals surface area contributed by atoms with Gasteiger partial charge < -0.3 is 14.6 Å². The Labute approximate surface area is 119 Å². The molecule has 0 fully saturated rings. The van der Waals surface area contributed by atoms with E-state index in [9.17, 15) is 9.90 Å².